The third kappa shape index (κ3) is 3.17. The highest BCUT2D eigenvalue weighted by Gasteiger charge is 2.33. The number of carboxylic acid groups (broad SMARTS) is 1. The molecule has 0 aromatic heterocycles. The number of hydrogen-bond acceptors (Lipinski definition) is 5. The molecule has 0 atom stereocenters. The molecule has 0 bridgehead atoms. The van der Waals surface area contributed by atoms with Crippen LogP contribution in [0.1, 0.15) is 12.8 Å². The molecule has 8 heteroatoms. The number of ether oxygens (including phenoxy) is 2. The Balaban J connectivity index is 2.26. The fourth-order valence-electron chi connectivity index (χ4n) is 2.47. The van der Waals surface area contributed by atoms with Crippen molar-refractivity contribution in [1.82, 2.24) is 4.31 Å². The molecule has 0 saturated carbocycles. The number of benzene rings is 1. The fraction of sp³-hybridized carbons (Fsp3) is 0.500. The molecule has 7 nitrogen and oxygen atoms in total. The minimum atomic E-state index is -3.72. The smallest absolute Gasteiger partial charge is 0.306 e. The highest BCUT2D eigenvalue weighted by molar-refractivity contribution is 7.89. The van der Waals surface area contributed by atoms with E-state index in [4.69, 9.17) is 14.6 Å². The fourth-order valence-corrected chi connectivity index (χ4v) is 4.08. The molecule has 0 spiro atoms. The number of sulfonamides is 1. The van der Waals surface area contributed by atoms with Crippen molar-refractivity contribution in [2.24, 2.45) is 5.92 Å². The molecule has 22 heavy (non-hydrogen) atoms. The molecule has 2 rings (SSSR count). The Kier molecular flexibility index (Phi) is 4.92. The molecule has 1 aliphatic rings. The first-order chi connectivity index (χ1) is 10.4. The lowest BCUT2D eigenvalue weighted by atomic mass is 9.99. The maximum atomic E-state index is 12.7. The maximum absolute atomic E-state index is 12.7. The largest absolute Gasteiger partial charge is 0.497 e. The van der Waals surface area contributed by atoms with Crippen molar-refractivity contribution in [3.63, 3.8) is 0 Å². The van der Waals surface area contributed by atoms with E-state index in [1.54, 1.807) is 6.07 Å². The monoisotopic (exact) mass is 329 g/mol. The van der Waals surface area contributed by atoms with Crippen molar-refractivity contribution in [2.45, 2.75) is 17.7 Å². The van der Waals surface area contributed by atoms with Crippen molar-refractivity contribution in [3.05, 3.63) is 18.2 Å². The molecule has 122 valence electrons. The highest BCUT2D eigenvalue weighted by atomic mass is 32.2. The van der Waals surface area contributed by atoms with Gasteiger partial charge in [-0.05, 0) is 25.0 Å². The van der Waals surface area contributed by atoms with Crippen LogP contribution >= 0.6 is 0 Å². The number of rotatable bonds is 5. The van der Waals surface area contributed by atoms with E-state index in [-0.39, 0.29) is 23.7 Å². The molecular formula is C14H19NO6S. The second-order valence-electron chi connectivity index (χ2n) is 5.03. The Bertz CT molecular complexity index is 649. The summed E-state index contributed by atoms with van der Waals surface area (Å²) >= 11 is 0. The average molecular weight is 329 g/mol. The van der Waals surface area contributed by atoms with Gasteiger partial charge in [-0.1, -0.05) is 0 Å². The number of methoxy groups -OCH3 is 2. The van der Waals surface area contributed by atoms with Gasteiger partial charge in [0.1, 0.15) is 16.4 Å². The van der Waals surface area contributed by atoms with E-state index < -0.39 is 21.9 Å². The number of nitrogens with zero attached hydrogens (tertiary/aromatic N) is 1. The highest BCUT2D eigenvalue weighted by Crippen LogP contribution is 2.32. The van der Waals surface area contributed by atoms with Gasteiger partial charge >= 0.3 is 5.97 Å². The lowest BCUT2D eigenvalue weighted by Crippen LogP contribution is -2.40. The van der Waals surface area contributed by atoms with Gasteiger partial charge in [0, 0.05) is 19.2 Å². The van der Waals surface area contributed by atoms with Gasteiger partial charge < -0.3 is 14.6 Å². The molecule has 1 aromatic carbocycles. The van der Waals surface area contributed by atoms with Gasteiger partial charge in [-0.3, -0.25) is 4.79 Å². The van der Waals surface area contributed by atoms with Crippen LogP contribution in [0.25, 0.3) is 0 Å². The van der Waals surface area contributed by atoms with Gasteiger partial charge in [-0.15, -0.1) is 0 Å². The quantitative estimate of drug-likeness (QED) is 0.872. The zero-order valence-corrected chi connectivity index (χ0v) is 13.3. The summed E-state index contributed by atoms with van der Waals surface area (Å²) in [6.07, 6.45) is 0.625. The van der Waals surface area contributed by atoms with Crippen LogP contribution in [0.3, 0.4) is 0 Å². The maximum Gasteiger partial charge on any atom is 0.306 e. The van der Waals surface area contributed by atoms with E-state index >= 15 is 0 Å². The minimum Gasteiger partial charge on any atom is -0.497 e. The van der Waals surface area contributed by atoms with E-state index in [0.29, 0.717) is 18.6 Å². The standard InChI is InChI=1S/C14H19NO6S/c1-20-11-3-4-13(12(9-11)21-2)22(18,19)15-7-5-10(6-8-15)14(16)17/h3-4,9-10H,5-8H2,1-2H3,(H,16,17). The van der Waals surface area contributed by atoms with E-state index in [9.17, 15) is 13.2 Å². The van der Waals surface area contributed by atoms with Gasteiger partial charge in [0.2, 0.25) is 10.0 Å². The molecule has 1 fully saturated rings. The van der Waals surface area contributed by atoms with E-state index in [1.807, 2.05) is 0 Å². The average Bonchev–Trinajstić information content (AvgIpc) is 2.54. The summed E-state index contributed by atoms with van der Waals surface area (Å²) in [5, 5.41) is 8.98. The number of piperidine rings is 1. The van der Waals surface area contributed by atoms with Crippen molar-refractivity contribution < 1.29 is 27.8 Å². The number of carboxylic acids is 1. The van der Waals surface area contributed by atoms with E-state index in [2.05, 4.69) is 0 Å². The summed E-state index contributed by atoms with van der Waals surface area (Å²) in [5.74, 6) is -0.650. The first-order valence-corrected chi connectivity index (χ1v) is 8.29. The Morgan fingerprint density at radius 2 is 1.86 bits per heavy atom. The summed E-state index contributed by atoms with van der Waals surface area (Å²) in [5.41, 5.74) is 0. The Hall–Kier alpha value is -1.80. The van der Waals surface area contributed by atoms with E-state index in [0.717, 1.165) is 0 Å². The van der Waals surface area contributed by atoms with Gasteiger partial charge in [-0.2, -0.15) is 4.31 Å². The third-order valence-electron chi connectivity index (χ3n) is 3.79. The molecule has 0 radical (unpaired) electrons. The van der Waals surface area contributed by atoms with Crippen LogP contribution in [0.2, 0.25) is 0 Å². The van der Waals surface area contributed by atoms with Gasteiger partial charge in [-0.25, -0.2) is 8.42 Å². The molecule has 0 amide bonds. The van der Waals surface area contributed by atoms with Gasteiger partial charge in [0.25, 0.3) is 0 Å². The summed E-state index contributed by atoms with van der Waals surface area (Å²) in [7, 11) is -0.840. The molecule has 0 aliphatic carbocycles. The van der Waals surface area contributed by atoms with Gasteiger partial charge in [0.15, 0.2) is 0 Å². The second-order valence-corrected chi connectivity index (χ2v) is 6.94. The normalized spacial score (nSPS) is 17.2. The van der Waals surface area contributed by atoms with Crippen molar-refractivity contribution >= 4 is 16.0 Å². The van der Waals surface area contributed by atoms with E-state index in [1.165, 1.54) is 30.7 Å². The SMILES string of the molecule is COc1ccc(S(=O)(=O)N2CCC(C(=O)O)CC2)c(OC)c1. The van der Waals surface area contributed by atoms with Crippen LogP contribution in [0, 0.1) is 5.92 Å². The van der Waals surface area contributed by atoms with Crippen LogP contribution in [0.4, 0.5) is 0 Å². The lowest BCUT2D eigenvalue weighted by molar-refractivity contribution is -0.142. The summed E-state index contributed by atoms with van der Waals surface area (Å²) in [6.45, 7) is 0.378. The Morgan fingerprint density at radius 3 is 2.36 bits per heavy atom. The predicted molar refractivity (Wildman–Crippen MR) is 78.7 cm³/mol. The Morgan fingerprint density at radius 1 is 1.23 bits per heavy atom. The number of carbonyl (C=O) groups is 1. The topological polar surface area (TPSA) is 93.1 Å². The first kappa shape index (κ1) is 16.6. The summed E-state index contributed by atoms with van der Waals surface area (Å²) in [4.78, 5) is 11.0. The zero-order valence-electron chi connectivity index (χ0n) is 12.5. The summed E-state index contributed by atoms with van der Waals surface area (Å²) < 4.78 is 36.9. The first-order valence-electron chi connectivity index (χ1n) is 6.85. The second kappa shape index (κ2) is 6.53. The third-order valence-corrected chi connectivity index (χ3v) is 5.73. The molecule has 1 aliphatic heterocycles. The van der Waals surface area contributed by atoms with Crippen molar-refractivity contribution in [1.29, 1.82) is 0 Å². The minimum absolute atomic E-state index is 0.0598. The van der Waals surface area contributed by atoms with Crippen LogP contribution in [0.15, 0.2) is 23.1 Å². The van der Waals surface area contributed by atoms with Crippen LogP contribution in [0.5, 0.6) is 11.5 Å². The molecule has 1 N–H and O–H groups in total. The number of aliphatic carboxylic acids is 1. The molecule has 1 aromatic rings. The Labute approximate surface area is 129 Å². The summed E-state index contributed by atoms with van der Waals surface area (Å²) in [6, 6.07) is 4.51. The van der Waals surface area contributed by atoms with Crippen LogP contribution < -0.4 is 9.47 Å². The molecule has 1 heterocycles. The van der Waals surface area contributed by atoms with Gasteiger partial charge in [0.05, 0.1) is 20.1 Å². The molecule has 0 unspecified atom stereocenters. The number of hydrogen-bond donors (Lipinski definition) is 1. The zero-order chi connectivity index (χ0) is 16.3. The molecule has 1 saturated heterocycles. The van der Waals surface area contributed by atoms with Crippen LogP contribution in [-0.2, 0) is 14.8 Å². The molecular weight excluding hydrogens is 310 g/mol. The van der Waals surface area contributed by atoms with Crippen molar-refractivity contribution in [2.75, 3.05) is 27.3 Å². The van der Waals surface area contributed by atoms with Crippen LogP contribution in [-0.4, -0.2) is 51.1 Å². The predicted octanol–water partition coefficient (Wildman–Crippen LogP) is 1.19. The lowest BCUT2D eigenvalue weighted by Gasteiger charge is -2.29. The van der Waals surface area contributed by atoms with Crippen molar-refractivity contribution in [3.8, 4) is 11.5 Å².